The van der Waals surface area contributed by atoms with Crippen molar-refractivity contribution < 1.29 is 9.90 Å². The predicted molar refractivity (Wildman–Crippen MR) is 91.9 cm³/mol. The van der Waals surface area contributed by atoms with E-state index in [4.69, 9.17) is 5.11 Å². The zero-order chi connectivity index (χ0) is 16.5. The highest BCUT2D eigenvalue weighted by Gasteiger charge is 2.37. The van der Waals surface area contributed by atoms with Gasteiger partial charge in [0.25, 0.3) is 0 Å². The zero-order valence-electron chi connectivity index (χ0n) is 13.6. The number of carboxylic acid groups (broad SMARTS) is 1. The number of nitrogens with zero attached hydrogens (tertiary/aromatic N) is 3. The maximum absolute atomic E-state index is 11.1. The maximum Gasteiger partial charge on any atom is 0.317 e. The molecule has 6 nitrogen and oxygen atoms in total. The second-order valence-electron chi connectivity index (χ2n) is 6.98. The van der Waals surface area contributed by atoms with Crippen molar-refractivity contribution in [1.29, 1.82) is 0 Å². The van der Waals surface area contributed by atoms with Crippen LogP contribution in [0.4, 0.5) is 5.82 Å². The van der Waals surface area contributed by atoms with E-state index in [9.17, 15) is 4.79 Å². The van der Waals surface area contributed by atoms with Crippen LogP contribution in [0.25, 0.3) is 11.0 Å². The van der Waals surface area contributed by atoms with Crippen molar-refractivity contribution >= 4 is 22.8 Å². The number of rotatable bonds is 7. The second-order valence-corrected chi connectivity index (χ2v) is 6.98. The van der Waals surface area contributed by atoms with E-state index >= 15 is 0 Å². The number of aromatic nitrogens is 2. The fourth-order valence-electron chi connectivity index (χ4n) is 3.39. The van der Waals surface area contributed by atoms with Gasteiger partial charge in [0.05, 0.1) is 23.8 Å². The zero-order valence-corrected chi connectivity index (χ0v) is 13.6. The first-order chi connectivity index (χ1) is 11.7. The van der Waals surface area contributed by atoms with Crippen LogP contribution in [0.5, 0.6) is 0 Å². The van der Waals surface area contributed by atoms with Crippen molar-refractivity contribution in [2.24, 2.45) is 5.92 Å². The van der Waals surface area contributed by atoms with Crippen molar-refractivity contribution in [2.75, 3.05) is 18.4 Å². The summed E-state index contributed by atoms with van der Waals surface area (Å²) in [6, 6.07) is 8.54. The molecule has 0 radical (unpaired) electrons. The second kappa shape index (κ2) is 6.36. The number of aliphatic carboxylic acids is 1. The summed E-state index contributed by atoms with van der Waals surface area (Å²) in [7, 11) is 0. The molecule has 1 aromatic carbocycles. The minimum Gasteiger partial charge on any atom is -0.480 e. The summed E-state index contributed by atoms with van der Waals surface area (Å²) in [5, 5.41) is 12.5. The van der Waals surface area contributed by atoms with Crippen LogP contribution in [-0.4, -0.2) is 51.1 Å². The first kappa shape index (κ1) is 15.3. The van der Waals surface area contributed by atoms with Gasteiger partial charge in [-0.15, -0.1) is 0 Å². The number of para-hydroxylation sites is 2. The number of nitrogens with one attached hydrogen (secondary N) is 1. The molecule has 1 aromatic heterocycles. The number of hydrogen-bond acceptors (Lipinski definition) is 5. The molecule has 24 heavy (non-hydrogen) atoms. The number of fused-ring (bicyclic) bond motifs is 1. The molecule has 2 fully saturated rings. The fourth-order valence-corrected chi connectivity index (χ4v) is 3.39. The van der Waals surface area contributed by atoms with Crippen LogP contribution in [0.15, 0.2) is 30.5 Å². The van der Waals surface area contributed by atoms with Gasteiger partial charge >= 0.3 is 5.97 Å². The molecule has 126 valence electrons. The van der Waals surface area contributed by atoms with Gasteiger partial charge in [-0.1, -0.05) is 12.1 Å². The Bertz CT molecular complexity index is 741. The summed E-state index contributed by atoms with van der Waals surface area (Å²) in [6.07, 6.45) is 6.20. The van der Waals surface area contributed by atoms with Gasteiger partial charge in [-0.25, -0.2) is 4.98 Å². The smallest absolute Gasteiger partial charge is 0.317 e. The molecule has 0 atom stereocenters. The van der Waals surface area contributed by atoms with Crippen molar-refractivity contribution in [1.82, 2.24) is 14.9 Å². The summed E-state index contributed by atoms with van der Waals surface area (Å²) >= 11 is 0. The third kappa shape index (κ3) is 3.48. The Morgan fingerprint density at radius 3 is 2.71 bits per heavy atom. The molecule has 0 bridgehead atoms. The summed E-state index contributed by atoms with van der Waals surface area (Å²) in [5.74, 6) is 0.777. The molecule has 0 unspecified atom stereocenters. The van der Waals surface area contributed by atoms with Crippen LogP contribution >= 0.6 is 0 Å². The van der Waals surface area contributed by atoms with Crippen LogP contribution in [0.3, 0.4) is 0 Å². The van der Waals surface area contributed by atoms with E-state index in [1.165, 1.54) is 12.8 Å². The normalized spacial score (nSPS) is 23.2. The van der Waals surface area contributed by atoms with Gasteiger partial charge in [0, 0.05) is 18.6 Å². The monoisotopic (exact) mass is 326 g/mol. The van der Waals surface area contributed by atoms with Crippen LogP contribution < -0.4 is 5.32 Å². The van der Waals surface area contributed by atoms with Crippen LogP contribution in [0.1, 0.15) is 25.7 Å². The summed E-state index contributed by atoms with van der Waals surface area (Å²) in [5.41, 5.74) is 1.78. The molecule has 0 amide bonds. The van der Waals surface area contributed by atoms with Crippen LogP contribution in [0.2, 0.25) is 0 Å². The minimum atomic E-state index is -0.729. The lowest BCUT2D eigenvalue weighted by molar-refractivity contribution is -0.139. The Morgan fingerprint density at radius 1 is 1.25 bits per heavy atom. The van der Waals surface area contributed by atoms with Crippen molar-refractivity contribution in [3.8, 4) is 0 Å². The van der Waals surface area contributed by atoms with E-state index in [1.54, 1.807) is 6.20 Å². The lowest BCUT2D eigenvalue weighted by Gasteiger charge is -2.43. The Balaban J connectivity index is 1.34. The Hall–Kier alpha value is -2.21. The Morgan fingerprint density at radius 2 is 2.00 bits per heavy atom. The molecule has 6 heteroatoms. The first-order valence-corrected chi connectivity index (χ1v) is 8.61. The highest BCUT2D eigenvalue weighted by atomic mass is 16.4. The number of anilines is 1. The standard InChI is InChI=1S/C18H22N4O2/c23-18(24)11-22(10-12-5-6-12)14-7-13(8-14)20-17-9-19-15-3-1-2-4-16(15)21-17/h1-4,9,12-14H,5-8,10-11H2,(H,20,21)(H,23,24). The van der Waals surface area contributed by atoms with Gasteiger partial charge in [-0.05, 0) is 43.7 Å². The maximum atomic E-state index is 11.1. The third-order valence-corrected chi connectivity index (χ3v) is 4.96. The molecule has 2 aliphatic rings. The molecule has 2 aliphatic carbocycles. The molecule has 0 saturated heterocycles. The summed E-state index contributed by atoms with van der Waals surface area (Å²) < 4.78 is 0. The molecule has 1 heterocycles. The van der Waals surface area contributed by atoms with Crippen molar-refractivity contribution in [3.63, 3.8) is 0 Å². The molecular weight excluding hydrogens is 304 g/mol. The third-order valence-electron chi connectivity index (χ3n) is 4.96. The van der Waals surface area contributed by atoms with Gasteiger partial charge < -0.3 is 10.4 Å². The Kier molecular flexibility index (Phi) is 4.06. The average Bonchev–Trinajstić information content (AvgIpc) is 3.33. The van der Waals surface area contributed by atoms with E-state index in [0.29, 0.717) is 18.0 Å². The van der Waals surface area contributed by atoms with E-state index < -0.39 is 5.97 Å². The predicted octanol–water partition coefficient (Wildman–Crippen LogP) is 2.37. The summed E-state index contributed by atoms with van der Waals surface area (Å²) in [6.45, 7) is 1.09. The van der Waals surface area contributed by atoms with E-state index in [1.807, 2.05) is 24.3 Å². The molecule has 0 spiro atoms. The highest BCUT2D eigenvalue weighted by molar-refractivity contribution is 5.75. The molecule has 4 rings (SSSR count). The van der Waals surface area contributed by atoms with Crippen LogP contribution in [0, 0.1) is 5.92 Å². The van der Waals surface area contributed by atoms with E-state index in [-0.39, 0.29) is 6.54 Å². The topological polar surface area (TPSA) is 78.4 Å². The van der Waals surface area contributed by atoms with Gasteiger partial charge in [-0.3, -0.25) is 14.7 Å². The van der Waals surface area contributed by atoms with E-state index in [0.717, 1.165) is 36.2 Å². The van der Waals surface area contributed by atoms with Crippen molar-refractivity contribution in [2.45, 2.75) is 37.8 Å². The molecular formula is C18H22N4O2. The number of carbonyl (C=O) groups is 1. The summed E-state index contributed by atoms with van der Waals surface area (Å²) in [4.78, 5) is 22.2. The molecule has 2 saturated carbocycles. The van der Waals surface area contributed by atoms with E-state index in [2.05, 4.69) is 20.2 Å². The highest BCUT2D eigenvalue weighted by Crippen LogP contribution is 2.34. The number of benzene rings is 1. The lowest BCUT2D eigenvalue weighted by Crippen LogP contribution is -2.52. The first-order valence-electron chi connectivity index (χ1n) is 8.61. The largest absolute Gasteiger partial charge is 0.480 e. The average molecular weight is 326 g/mol. The van der Waals surface area contributed by atoms with Crippen LogP contribution in [-0.2, 0) is 4.79 Å². The van der Waals surface area contributed by atoms with Gasteiger partial charge in [-0.2, -0.15) is 0 Å². The molecule has 2 N–H and O–H groups in total. The number of hydrogen-bond donors (Lipinski definition) is 2. The lowest BCUT2D eigenvalue weighted by atomic mass is 9.85. The van der Waals surface area contributed by atoms with Gasteiger partial charge in [0.1, 0.15) is 5.82 Å². The van der Waals surface area contributed by atoms with Gasteiger partial charge in [0.2, 0.25) is 0 Å². The minimum absolute atomic E-state index is 0.156. The molecule has 2 aromatic rings. The SMILES string of the molecule is O=C(O)CN(CC1CC1)C1CC(Nc2cnc3ccccc3n2)C1. The quantitative estimate of drug-likeness (QED) is 0.813. The molecule has 0 aliphatic heterocycles. The number of carboxylic acids is 1. The van der Waals surface area contributed by atoms with Crippen molar-refractivity contribution in [3.05, 3.63) is 30.5 Å². The Labute approximate surface area is 140 Å². The van der Waals surface area contributed by atoms with Gasteiger partial charge in [0.15, 0.2) is 0 Å². The fraction of sp³-hybridized carbons (Fsp3) is 0.500.